The van der Waals surface area contributed by atoms with Crippen molar-refractivity contribution >= 4 is 23.4 Å². The number of rotatable bonds is 5. The van der Waals surface area contributed by atoms with Crippen LogP contribution in [0.1, 0.15) is 18.6 Å². The van der Waals surface area contributed by atoms with Crippen LogP contribution in [-0.2, 0) is 4.79 Å². The fourth-order valence-electron chi connectivity index (χ4n) is 1.21. The van der Waals surface area contributed by atoms with E-state index in [0.717, 1.165) is 11.8 Å². The highest BCUT2D eigenvalue weighted by atomic mass is 32.2. The maximum Gasteiger partial charge on any atom is 0.283 e. The van der Waals surface area contributed by atoms with Gasteiger partial charge in [-0.3, -0.25) is 14.9 Å². The highest BCUT2D eigenvalue weighted by Crippen LogP contribution is 2.31. The molecule has 1 amide bonds. The van der Waals surface area contributed by atoms with Gasteiger partial charge in [0.25, 0.3) is 5.69 Å². The second-order valence-corrected chi connectivity index (χ2v) is 4.43. The number of carbonyl (C=O) groups is 1. The van der Waals surface area contributed by atoms with Crippen LogP contribution in [0.3, 0.4) is 0 Å². The number of benzene rings is 1. The zero-order valence-electron chi connectivity index (χ0n) is 9.12. The van der Waals surface area contributed by atoms with Gasteiger partial charge in [0.05, 0.1) is 21.7 Å². The van der Waals surface area contributed by atoms with E-state index in [-0.39, 0.29) is 11.4 Å². The fraction of sp³-hybridized carbons (Fsp3) is 0.300. The number of carbonyl (C=O) groups excluding carboxylic acids is 1. The zero-order valence-corrected chi connectivity index (χ0v) is 9.94. The molecule has 0 bridgehead atoms. The van der Waals surface area contributed by atoms with Gasteiger partial charge in [0.1, 0.15) is 0 Å². The molecule has 0 saturated carbocycles. The number of thioether (sulfide) groups is 1. The first-order chi connectivity index (χ1) is 7.91. The maximum absolute atomic E-state index is 10.8. The highest BCUT2D eigenvalue weighted by molar-refractivity contribution is 8.00. The quantitative estimate of drug-likeness (QED) is 0.468. The average molecular weight is 256 g/mol. The number of hydrogen-bond donors (Lipinski definition) is 2. The Morgan fingerprint density at radius 3 is 2.76 bits per heavy atom. The van der Waals surface area contributed by atoms with Crippen LogP contribution in [0.25, 0.3) is 0 Å². The van der Waals surface area contributed by atoms with Crippen molar-refractivity contribution < 1.29 is 14.8 Å². The number of aliphatic hydroxyl groups is 1. The van der Waals surface area contributed by atoms with E-state index in [1.165, 1.54) is 19.1 Å². The van der Waals surface area contributed by atoms with E-state index in [9.17, 15) is 20.0 Å². The van der Waals surface area contributed by atoms with E-state index in [1.54, 1.807) is 6.07 Å². The largest absolute Gasteiger partial charge is 0.389 e. The maximum atomic E-state index is 10.8. The SMILES string of the molecule is C[C@H](O)c1ccc(SCC(N)=O)c([N+](=O)[O-])c1. The Morgan fingerprint density at radius 2 is 2.29 bits per heavy atom. The predicted octanol–water partition coefficient (Wildman–Crippen LogP) is 1.23. The van der Waals surface area contributed by atoms with Gasteiger partial charge in [0.15, 0.2) is 0 Å². The first-order valence-corrected chi connectivity index (χ1v) is 5.78. The second kappa shape index (κ2) is 5.65. The number of primary amides is 1. The van der Waals surface area contributed by atoms with Crippen molar-refractivity contribution in [1.29, 1.82) is 0 Å². The van der Waals surface area contributed by atoms with Crippen LogP contribution >= 0.6 is 11.8 Å². The Hall–Kier alpha value is -1.60. The van der Waals surface area contributed by atoms with Gasteiger partial charge in [-0.05, 0) is 18.6 Å². The molecule has 0 fully saturated rings. The minimum atomic E-state index is -0.774. The van der Waals surface area contributed by atoms with Crippen LogP contribution in [0.2, 0.25) is 0 Å². The molecule has 0 spiro atoms. The third kappa shape index (κ3) is 3.72. The van der Waals surface area contributed by atoms with E-state index >= 15 is 0 Å². The average Bonchev–Trinajstić information content (AvgIpc) is 2.25. The normalized spacial score (nSPS) is 12.1. The van der Waals surface area contributed by atoms with Crippen molar-refractivity contribution in [3.63, 3.8) is 0 Å². The van der Waals surface area contributed by atoms with Gasteiger partial charge in [0, 0.05) is 6.07 Å². The third-order valence-corrected chi connectivity index (χ3v) is 3.12. The lowest BCUT2D eigenvalue weighted by Crippen LogP contribution is -2.13. The van der Waals surface area contributed by atoms with Crippen molar-refractivity contribution in [2.45, 2.75) is 17.9 Å². The first kappa shape index (κ1) is 13.5. The van der Waals surface area contributed by atoms with Crippen LogP contribution in [0, 0.1) is 10.1 Å². The molecule has 17 heavy (non-hydrogen) atoms. The summed E-state index contributed by atoms with van der Waals surface area (Å²) < 4.78 is 0. The lowest BCUT2D eigenvalue weighted by Gasteiger charge is -2.06. The number of amides is 1. The molecule has 1 rings (SSSR count). The van der Waals surface area contributed by atoms with Crippen LogP contribution in [0.15, 0.2) is 23.1 Å². The number of nitro benzene ring substituents is 1. The zero-order chi connectivity index (χ0) is 13.0. The van der Waals surface area contributed by atoms with E-state index in [4.69, 9.17) is 5.73 Å². The summed E-state index contributed by atoms with van der Waals surface area (Å²) in [6.45, 7) is 1.52. The molecule has 0 aliphatic rings. The van der Waals surface area contributed by atoms with Gasteiger partial charge >= 0.3 is 0 Å². The molecule has 0 heterocycles. The van der Waals surface area contributed by atoms with E-state index in [1.807, 2.05) is 0 Å². The number of aliphatic hydroxyl groups excluding tert-OH is 1. The minimum Gasteiger partial charge on any atom is -0.389 e. The number of nitrogens with zero attached hydrogens (tertiary/aromatic N) is 1. The smallest absolute Gasteiger partial charge is 0.283 e. The Balaban J connectivity index is 3.04. The number of hydrogen-bond acceptors (Lipinski definition) is 5. The fourth-order valence-corrected chi connectivity index (χ4v) is 1.95. The van der Waals surface area contributed by atoms with Crippen molar-refractivity contribution in [3.8, 4) is 0 Å². The second-order valence-electron chi connectivity index (χ2n) is 3.42. The standard InChI is InChI=1S/C10H12N2O4S/c1-6(13)7-2-3-9(17-5-10(11)14)8(4-7)12(15)16/h2-4,6,13H,5H2,1H3,(H2,11,14)/t6-/m0/s1. The van der Waals surface area contributed by atoms with Crippen LogP contribution in [0.5, 0.6) is 0 Å². The summed E-state index contributed by atoms with van der Waals surface area (Å²) in [5.41, 5.74) is 5.30. The molecular formula is C10H12N2O4S. The molecule has 1 aromatic rings. The molecule has 6 nitrogen and oxygen atoms in total. The summed E-state index contributed by atoms with van der Waals surface area (Å²) in [6, 6.07) is 4.39. The summed E-state index contributed by atoms with van der Waals surface area (Å²) in [6.07, 6.45) is -0.774. The molecular weight excluding hydrogens is 244 g/mol. The molecule has 0 unspecified atom stereocenters. The molecule has 92 valence electrons. The summed E-state index contributed by atoms with van der Waals surface area (Å²) in [5, 5.41) is 20.2. The summed E-state index contributed by atoms with van der Waals surface area (Å²) in [7, 11) is 0. The van der Waals surface area contributed by atoms with Gasteiger partial charge in [-0.15, -0.1) is 11.8 Å². The van der Waals surface area contributed by atoms with E-state index < -0.39 is 16.9 Å². The van der Waals surface area contributed by atoms with Crippen LogP contribution < -0.4 is 5.73 Å². The molecule has 0 saturated heterocycles. The van der Waals surface area contributed by atoms with Gasteiger partial charge < -0.3 is 10.8 Å². The van der Waals surface area contributed by atoms with Crippen LogP contribution in [0.4, 0.5) is 5.69 Å². The highest BCUT2D eigenvalue weighted by Gasteiger charge is 2.17. The van der Waals surface area contributed by atoms with E-state index in [0.29, 0.717) is 10.5 Å². The van der Waals surface area contributed by atoms with Gasteiger partial charge in [-0.2, -0.15) is 0 Å². The topological polar surface area (TPSA) is 106 Å². The lowest BCUT2D eigenvalue weighted by atomic mass is 10.1. The number of nitrogens with two attached hydrogens (primary N) is 1. The summed E-state index contributed by atoms with van der Waals surface area (Å²) >= 11 is 1.01. The van der Waals surface area contributed by atoms with Crippen molar-refractivity contribution in [2.75, 3.05) is 5.75 Å². The summed E-state index contributed by atoms with van der Waals surface area (Å²) in [5.74, 6) is -0.557. The Bertz CT molecular complexity index is 448. The van der Waals surface area contributed by atoms with E-state index in [2.05, 4.69) is 0 Å². The monoisotopic (exact) mass is 256 g/mol. The minimum absolute atomic E-state index is 0.0190. The predicted molar refractivity (Wildman–Crippen MR) is 63.6 cm³/mol. The van der Waals surface area contributed by atoms with Crippen molar-refractivity contribution in [3.05, 3.63) is 33.9 Å². The Morgan fingerprint density at radius 1 is 1.65 bits per heavy atom. The molecule has 1 atom stereocenters. The summed E-state index contributed by atoms with van der Waals surface area (Å²) in [4.78, 5) is 21.3. The van der Waals surface area contributed by atoms with Gasteiger partial charge in [-0.1, -0.05) is 6.07 Å². The third-order valence-electron chi connectivity index (χ3n) is 2.03. The van der Waals surface area contributed by atoms with Gasteiger partial charge in [-0.25, -0.2) is 0 Å². The number of nitro groups is 1. The molecule has 1 aromatic carbocycles. The molecule has 0 radical (unpaired) electrons. The Labute approximate surface area is 102 Å². The Kier molecular flexibility index (Phi) is 4.47. The van der Waals surface area contributed by atoms with Crippen molar-refractivity contribution in [1.82, 2.24) is 0 Å². The molecule has 0 aliphatic carbocycles. The molecule has 0 aromatic heterocycles. The van der Waals surface area contributed by atoms with Gasteiger partial charge in [0.2, 0.25) is 5.91 Å². The molecule has 7 heteroatoms. The first-order valence-electron chi connectivity index (χ1n) is 4.79. The molecule has 0 aliphatic heterocycles. The lowest BCUT2D eigenvalue weighted by molar-refractivity contribution is -0.387. The van der Waals surface area contributed by atoms with Crippen molar-refractivity contribution in [2.24, 2.45) is 5.73 Å². The molecule has 3 N–H and O–H groups in total. The van der Waals surface area contributed by atoms with Crippen LogP contribution in [-0.4, -0.2) is 21.7 Å².